The number of amides is 1. The third-order valence-corrected chi connectivity index (χ3v) is 4.18. The first-order valence-electron chi connectivity index (χ1n) is 7.46. The van der Waals surface area contributed by atoms with Crippen molar-refractivity contribution in [3.05, 3.63) is 58.9 Å². The number of carbonyl (C=O) groups is 1. The van der Waals surface area contributed by atoms with Crippen LogP contribution < -0.4 is 5.32 Å². The van der Waals surface area contributed by atoms with Gasteiger partial charge in [-0.1, -0.05) is 29.8 Å². The van der Waals surface area contributed by atoms with Crippen LogP contribution in [0.15, 0.2) is 42.6 Å². The molecule has 1 aliphatic heterocycles. The van der Waals surface area contributed by atoms with Crippen LogP contribution in [0.5, 0.6) is 0 Å². The van der Waals surface area contributed by atoms with Gasteiger partial charge in [0.25, 0.3) is 5.91 Å². The molecular formula is C17H18ClN3O. The van der Waals surface area contributed by atoms with Crippen molar-refractivity contribution in [1.82, 2.24) is 9.88 Å². The molecule has 0 aliphatic carbocycles. The molecule has 1 aromatic heterocycles. The van der Waals surface area contributed by atoms with Crippen LogP contribution in [-0.4, -0.2) is 28.9 Å². The van der Waals surface area contributed by atoms with Crippen LogP contribution in [0, 0.1) is 0 Å². The second-order valence-corrected chi connectivity index (χ2v) is 5.78. The topological polar surface area (TPSA) is 45.2 Å². The lowest BCUT2D eigenvalue weighted by molar-refractivity contribution is 0.0787. The molecule has 0 saturated carbocycles. The zero-order chi connectivity index (χ0) is 15.4. The fourth-order valence-electron chi connectivity index (χ4n) is 2.58. The van der Waals surface area contributed by atoms with Crippen LogP contribution in [0.3, 0.4) is 0 Å². The quantitative estimate of drug-likeness (QED) is 0.938. The number of hydrogen-bond donors (Lipinski definition) is 1. The van der Waals surface area contributed by atoms with E-state index in [4.69, 9.17) is 11.6 Å². The van der Waals surface area contributed by atoms with Crippen molar-refractivity contribution in [3.8, 4) is 0 Å². The average Bonchev–Trinajstić information content (AvgIpc) is 3.08. The smallest absolute Gasteiger partial charge is 0.272 e. The minimum Gasteiger partial charge on any atom is -0.381 e. The summed E-state index contributed by atoms with van der Waals surface area (Å²) in [6, 6.07) is 11.4. The van der Waals surface area contributed by atoms with Gasteiger partial charge < -0.3 is 10.2 Å². The number of benzene rings is 1. The van der Waals surface area contributed by atoms with Crippen molar-refractivity contribution < 1.29 is 4.79 Å². The Labute approximate surface area is 135 Å². The second-order valence-electron chi connectivity index (χ2n) is 5.37. The van der Waals surface area contributed by atoms with Crippen molar-refractivity contribution in [2.24, 2.45) is 0 Å². The van der Waals surface area contributed by atoms with Gasteiger partial charge in [0.2, 0.25) is 0 Å². The SMILES string of the molecule is O=C(c1cc(NCc2ccccc2Cl)ccn1)N1CCCC1. The van der Waals surface area contributed by atoms with Gasteiger partial charge in [-0.05, 0) is 36.6 Å². The Morgan fingerprint density at radius 3 is 2.77 bits per heavy atom. The standard InChI is InChI=1S/C17H18ClN3O/c18-15-6-2-1-5-13(15)12-20-14-7-8-19-16(11-14)17(22)21-9-3-4-10-21/h1-2,5-8,11H,3-4,9-10,12H2,(H,19,20). The number of pyridine rings is 1. The van der Waals surface area contributed by atoms with Gasteiger partial charge in [-0.2, -0.15) is 0 Å². The summed E-state index contributed by atoms with van der Waals surface area (Å²) in [6.07, 6.45) is 3.82. The largest absolute Gasteiger partial charge is 0.381 e. The van der Waals surface area contributed by atoms with E-state index >= 15 is 0 Å². The monoisotopic (exact) mass is 315 g/mol. The zero-order valence-corrected chi connectivity index (χ0v) is 13.0. The maximum atomic E-state index is 12.3. The van der Waals surface area contributed by atoms with Gasteiger partial charge in [0, 0.05) is 36.5 Å². The van der Waals surface area contributed by atoms with E-state index < -0.39 is 0 Å². The Morgan fingerprint density at radius 1 is 1.23 bits per heavy atom. The van der Waals surface area contributed by atoms with E-state index in [9.17, 15) is 4.79 Å². The molecule has 3 rings (SSSR count). The van der Waals surface area contributed by atoms with Crippen molar-refractivity contribution in [2.75, 3.05) is 18.4 Å². The van der Waals surface area contributed by atoms with Crippen LogP contribution in [0.1, 0.15) is 28.9 Å². The molecule has 114 valence electrons. The fraction of sp³-hybridized carbons (Fsp3) is 0.294. The molecule has 1 aromatic carbocycles. The van der Waals surface area contributed by atoms with Crippen LogP contribution in [-0.2, 0) is 6.54 Å². The van der Waals surface area contributed by atoms with Gasteiger partial charge in [-0.3, -0.25) is 9.78 Å². The van der Waals surface area contributed by atoms with Crippen LogP contribution >= 0.6 is 11.6 Å². The Kier molecular flexibility index (Phi) is 4.59. The van der Waals surface area contributed by atoms with Crippen LogP contribution in [0.2, 0.25) is 5.02 Å². The molecule has 5 heteroatoms. The number of nitrogens with one attached hydrogen (secondary N) is 1. The number of halogens is 1. The lowest BCUT2D eigenvalue weighted by atomic mass is 10.2. The number of nitrogens with zero attached hydrogens (tertiary/aromatic N) is 2. The van der Waals surface area contributed by atoms with E-state index in [2.05, 4.69) is 10.3 Å². The molecule has 2 aromatic rings. The molecule has 4 nitrogen and oxygen atoms in total. The number of hydrogen-bond acceptors (Lipinski definition) is 3. The first kappa shape index (κ1) is 14.9. The molecule has 0 radical (unpaired) electrons. The summed E-state index contributed by atoms with van der Waals surface area (Å²) in [7, 11) is 0. The fourth-order valence-corrected chi connectivity index (χ4v) is 2.78. The van der Waals surface area contributed by atoms with Crippen molar-refractivity contribution in [1.29, 1.82) is 0 Å². The van der Waals surface area contributed by atoms with Gasteiger partial charge in [-0.15, -0.1) is 0 Å². The lowest BCUT2D eigenvalue weighted by Gasteiger charge is -2.15. The van der Waals surface area contributed by atoms with Crippen molar-refractivity contribution in [2.45, 2.75) is 19.4 Å². The molecule has 1 amide bonds. The van der Waals surface area contributed by atoms with E-state index in [1.54, 1.807) is 12.3 Å². The molecule has 2 heterocycles. The summed E-state index contributed by atoms with van der Waals surface area (Å²) in [5.74, 6) is 0.0129. The van der Waals surface area contributed by atoms with Gasteiger partial charge in [0.05, 0.1) is 0 Å². The molecule has 0 spiro atoms. The number of likely N-dealkylation sites (tertiary alicyclic amines) is 1. The van der Waals surface area contributed by atoms with Crippen molar-refractivity contribution in [3.63, 3.8) is 0 Å². The maximum absolute atomic E-state index is 12.3. The van der Waals surface area contributed by atoms with Crippen LogP contribution in [0.4, 0.5) is 5.69 Å². The minimum absolute atomic E-state index is 0.0129. The highest BCUT2D eigenvalue weighted by Gasteiger charge is 2.20. The summed E-state index contributed by atoms with van der Waals surface area (Å²) in [6.45, 7) is 2.27. The number of carbonyl (C=O) groups excluding carboxylic acids is 1. The predicted molar refractivity (Wildman–Crippen MR) is 88.2 cm³/mol. The minimum atomic E-state index is 0.0129. The van der Waals surface area contributed by atoms with Crippen LogP contribution in [0.25, 0.3) is 0 Å². The first-order chi connectivity index (χ1) is 10.7. The Morgan fingerprint density at radius 2 is 2.00 bits per heavy atom. The molecule has 0 unspecified atom stereocenters. The third kappa shape index (κ3) is 3.39. The van der Waals surface area contributed by atoms with E-state index in [0.29, 0.717) is 12.2 Å². The molecule has 0 atom stereocenters. The predicted octanol–water partition coefficient (Wildman–Crippen LogP) is 3.58. The van der Waals surface area contributed by atoms with E-state index in [-0.39, 0.29) is 5.91 Å². The number of aromatic nitrogens is 1. The molecular weight excluding hydrogens is 298 g/mol. The number of anilines is 1. The highest BCUT2D eigenvalue weighted by molar-refractivity contribution is 6.31. The Bertz CT molecular complexity index is 668. The molecule has 0 bridgehead atoms. The summed E-state index contributed by atoms with van der Waals surface area (Å²) >= 11 is 6.15. The molecule has 1 aliphatic rings. The van der Waals surface area contributed by atoms with Gasteiger partial charge in [0.15, 0.2) is 0 Å². The zero-order valence-electron chi connectivity index (χ0n) is 12.3. The normalized spacial score (nSPS) is 14.1. The highest BCUT2D eigenvalue weighted by atomic mass is 35.5. The van der Waals surface area contributed by atoms with Crippen molar-refractivity contribution >= 4 is 23.2 Å². The van der Waals surface area contributed by atoms with E-state index in [1.165, 1.54) is 0 Å². The van der Waals surface area contributed by atoms with Gasteiger partial charge in [0.1, 0.15) is 5.69 Å². The Hall–Kier alpha value is -2.07. The average molecular weight is 316 g/mol. The second kappa shape index (κ2) is 6.79. The highest BCUT2D eigenvalue weighted by Crippen LogP contribution is 2.18. The first-order valence-corrected chi connectivity index (χ1v) is 7.84. The molecule has 1 N–H and O–H groups in total. The number of rotatable bonds is 4. The third-order valence-electron chi connectivity index (χ3n) is 3.81. The molecule has 1 saturated heterocycles. The molecule has 22 heavy (non-hydrogen) atoms. The lowest BCUT2D eigenvalue weighted by Crippen LogP contribution is -2.28. The summed E-state index contributed by atoms with van der Waals surface area (Å²) in [5.41, 5.74) is 2.39. The van der Waals surface area contributed by atoms with Gasteiger partial charge in [-0.25, -0.2) is 0 Å². The summed E-state index contributed by atoms with van der Waals surface area (Å²) in [4.78, 5) is 18.4. The van der Waals surface area contributed by atoms with Gasteiger partial charge >= 0.3 is 0 Å². The Balaban J connectivity index is 1.68. The van der Waals surface area contributed by atoms with E-state index in [1.807, 2.05) is 35.2 Å². The summed E-state index contributed by atoms with van der Waals surface area (Å²) in [5, 5.41) is 4.03. The molecule has 1 fully saturated rings. The van der Waals surface area contributed by atoms with E-state index in [0.717, 1.165) is 42.2 Å². The maximum Gasteiger partial charge on any atom is 0.272 e. The summed E-state index contributed by atoms with van der Waals surface area (Å²) < 4.78 is 0.